The van der Waals surface area contributed by atoms with Crippen molar-refractivity contribution in [3.05, 3.63) is 35.4 Å². The zero-order valence-corrected chi connectivity index (χ0v) is 15.0. The Kier molecular flexibility index (Phi) is 4.75. The molecule has 3 saturated heterocycles. The summed E-state index contributed by atoms with van der Waals surface area (Å²) in [6, 6.07) is 2.88. The van der Waals surface area contributed by atoms with Crippen LogP contribution in [0.25, 0.3) is 0 Å². The normalized spacial score (nSPS) is 23.0. The number of likely N-dealkylation sites (tertiary alicyclic amines) is 1. The molecule has 146 valence electrons. The Labute approximate surface area is 156 Å². The maximum absolute atomic E-state index is 13.9. The van der Waals surface area contributed by atoms with Crippen molar-refractivity contribution in [2.24, 2.45) is 0 Å². The van der Waals surface area contributed by atoms with Crippen molar-refractivity contribution in [2.45, 2.75) is 37.3 Å². The average molecular weight is 379 g/mol. The molecule has 8 heteroatoms. The third-order valence-electron chi connectivity index (χ3n) is 6.00. The number of amides is 3. The van der Waals surface area contributed by atoms with E-state index in [1.807, 2.05) is 4.90 Å². The zero-order valence-electron chi connectivity index (χ0n) is 15.0. The van der Waals surface area contributed by atoms with E-state index >= 15 is 0 Å². The van der Waals surface area contributed by atoms with Crippen LogP contribution in [0.5, 0.6) is 0 Å². The first-order chi connectivity index (χ1) is 13.0. The summed E-state index contributed by atoms with van der Waals surface area (Å²) in [5.74, 6) is -1.86. The molecule has 0 aromatic heterocycles. The number of piperidine rings is 1. The number of carbonyl (C=O) groups is 2. The van der Waals surface area contributed by atoms with E-state index in [0.717, 1.165) is 31.0 Å². The smallest absolute Gasteiger partial charge is 0.318 e. The molecule has 1 aromatic carbocycles. The second-order valence-corrected chi connectivity index (χ2v) is 7.51. The molecule has 1 spiro atoms. The van der Waals surface area contributed by atoms with Crippen molar-refractivity contribution in [1.82, 2.24) is 15.1 Å². The molecule has 3 amide bonds. The molecule has 0 saturated carbocycles. The topological polar surface area (TPSA) is 61.9 Å². The van der Waals surface area contributed by atoms with E-state index in [-0.39, 0.29) is 23.2 Å². The highest BCUT2D eigenvalue weighted by molar-refractivity contribution is 5.94. The number of benzene rings is 1. The molecule has 0 bridgehead atoms. The van der Waals surface area contributed by atoms with Gasteiger partial charge in [0.25, 0.3) is 5.91 Å². The molecular weight excluding hydrogens is 356 g/mol. The van der Waals surface area contributed by atoms with E-state index in [4.69, 9.17) is 4.74 Å². The standard InChI is InChI=1S/C19H23F2N3O3/c20-13-1-2-16(21)15(11-13)17(25)23-7-3-14(4-8-23)24-18(26)22-12-19(24)5-9-27-10-6-19/h1-2,11,14H,3-10,12H2,(H,22,26). The molecule has 0 radical (unpaired) electrons. The number of rotatable bonds is 2. The molecule has 1 aromatic rings. The molecular formula is C19H23F2N3O3. The summed E-state index contributed by atoms with van der Waals surface area (Å²) in [6.45, 7) is 2.73. The van der Waals surface area contributed by atoms with E-state index in [9.17, 15) is 18.4 Å². The molecule has 3 aliphatic rings. The van der Waals surface area contributed by atoms with Crippen molar-refractivity contribution in [3.63, 3.8) is 0 Å². The largest absolute Gasteiger partial charge is 0.381 e. The lowest BCUT2D eigenvalue weighted by Crippen LogP contribution is -2.57. The molecule has 0 atom stereocenters. The lowest BCUT2D eigenvalue weighted by atomic mass is 9.86. The van der Waals surface area contributed by atoms with Gasteiger partial charge in [-0.1, -0.05) is 0 Å². The lowest BCUT2D eigenvalue weighted by Gasteiger charge is -2.46. The molecule has 3 aliphatic heterocycles. The molecule has 4 rings (SSSR count). The summed E-state index contributed by atoms with van der Waals surface area (Å²) < 4.78 is 32.7. The van der Waals surface area contributed by atoms with Gasteiger partial charge in [0.2, 0.25) is 0 Å². The number of hydrogen-bond donors (Lipinski definition) is 1. The maximum Gasteiger partial charge on any atom is 0.318 e. The average Bonchev–Trinajstić information content (AvgIpc) is 2.99. The molecule has 3 heterocycles. The van der Waals surface area contributed by atoms with Crippen LogP contribution in [-0.2, 0) is 4.74 Å². The minimum absolute atomic E-state index is 0.0343. The number of nitrogens with zero attached hydrogens (tertiary/aromatic N) is 2. The third-order valence-corrected chi connectivity index (χ3v) is 6.00. The minimum atomic E-state index is -0.719. The van der Waals surface area contributed by atoms with Crippen LogP contribution in [0.4, 0.5) is 13.6 Å². The van der Waals surface area contributed by atoms with Gasteiger partial charge in [0.1, 0.15) is 11.6 Å². The van der Waals surface area contributed by atoms with Gasteiger partial charge in [0.15, 0.2) is 0 Å². The highest BCUT2D eigenvalue weighted by Gasteiger charge is 2.49. The summed E-state index contributed by atoms with van der Waals surface area (Å²) >= 11 is 0. The Morgan fingerprint density at radius 1 is 1.19 bits per heavy atom. The van der Waals surface area contributed by atoms with Gasteiger partial charge in [0.05, 0.1) is 11.1 Å². The summed E-state index contributed by atoms with van der Waals surface area (Å²) in [4.78, 5) is 28.5. The Hall–Kier alpha value is -2.22. The summed E-state index contributed by atoms with van der Waals surface area (Å²) in [5, 5.41) is 2.96. The molecule has 0 aliphatic carbocycles. The number of carbonyl (C=O) groups excluding carboxylic acids is 2. The zero-order chi connectivity index (χ0) is 19.0. The van der Waals surface area contributed by atoms with Gasteiger partial charge in [-0.25, -0.2) is 13.6 Å². The number of halogens is 2. The van der Waals surface area contributed by atoms with Crippen molar-refractivity contribution in [2.75, 3.05) is 32.8 Å². The van der Waals surface area contributed by atoms with Gasteiger partial charge in [-0.05, 0) is 43.9 Å². The van der Waals surface area contributed by atoms with E-state index in [2.05, 4.69) is 5.32 Å². The highest BCUT2D eigenvalue weighted by atomic mass is 19.1. The van der Waals surface area contributed by atoms with Gasteiger partial charge in [-0.15, -0.1) is 0 Å². The first kappa shape index (κ1) is 18.2. The number of urea groups is 1. The van der Waals surface area contributed by atoms with E-state index in [1.54, 1.807) is 4.90 Å². The van der Waals surface area contributed by atoms with Crippen LogP contribution >= 0.6 is 0 Å². The quantitative estimate of drug-likeness (QED) is 0.857. The third kappa shape index (κ3) is 3.26. The van der Waals surface area contributed by atoms with Crippen LogP contribution in [0.2, 0.25) is 0 Å². The fourth-order valence-corrected chi connectivity index (χ4v) is 4.51. The molecule has 3 fully saturated rings. The van der Waals surface area contributed by atoms with Gasteiger partial charge in [0, 0.05) is 38.9 Å². The van der Waals surface area contributed by atoms with Crippen LogP contribution in [-0.4, -0.2) is 66.2 Å². The number of ether oxygens (including phenoxy) is 1. The Morgan fingerprint density at radius 2 is 1.89 bits per heavy atom. The number of nitrogens with one attached hydrogen (secondary N) is 1. The lowest BCUT2D eigenvalue weighted by molar-refractivity contribution is -0.0144. The van der Waals surface area contributed by atoms with Gasteiger partial charge < -0.3 is 19.9 Å². The highest BCUT2D eigenvalue weighted by Crippen LogP contribution is 2.36. The fraction of sp³-hybridized carbons (Fsp3) is 0.579. The Balaban J connectivity index is 1.45. The van der Waals surface area contributed by atoms with Gasteiger partial charge in [-0.2, -0.15) is 0 Å². The monoisotopic (exact) mass is 379 g/mol. The van der Waals surface area contributed by atoms with Crippen LogP contribution in [0, 0.1) is 11.6 Å². The molecule has 0 unspecified atom stereocenters. The van der Waals surface area contributed by atoms with Gasteiger partial charge >= 0.3 is 6.03 Å². The summed E-state index contributed by atoms with van der Waals surface area (Å²) in [5.41, 5.74) is -0.450. The predicted octanol–water partition coefficient (Wildman–Crippen LogP) is 2.14. The first-order valence-corrected chi connectivity index (χ1v) is 9.39. The van der Waals surface area contributed by atoms with Crippen molar-refractivity contribution < 1.29 is 23.1 Å². The maximum atomic E-state index is 13.9. The van der Waals surface area contributed by atoms with Crippen molar-refractivity contribution in [1.29, 1.82) is 0 Å². The minimum Gasteiger partial charge on any atom is -0.381 e. The second kappa shape index (κ2) is 7.07. The fourth-order valence-electron chi connectivity index (χ4n) is 4.51. The summed E-state index contributed by atoms with van der Waals surface area (Å²) in [6.07, 6.45) is 2.86. The molecule has 6 nitrogen and oxygen atoms in total. The van der Waals surface area contributed by atoms with Crippen LogP contribution in [0.1, 0.15) is 36.0 Å². The SMILES string of the molecule is O=C(c1cc(F)ccc1F)N1CCC(N2C(=O)NCC23CCOCC3)CC1. The van der Waals surface area contributed by atoms with Crippen LogP contribution < -0.4 is 5.32 Å². The van der Waals surface area contributed by atoms with Crippen molar-refractivity contribution >= 4 is 11.9 Å². The molecule has 27 heavy (non-hydrogen) atoms. The molecule has 1 N–H and O–H groups in total. The second-order valence-electron chi connectivity index (χ2n) is 7.51. The summed E-state index contributed by atoms with van der Waals surface area (Å²) in [7, 11) is 0. The van der Waals surface area contributed by atoms with E-state index in [1.165, 1.54) is 0 Å². The van der Waals surface area contributed by atoms with Crippen LogP contribution in [0.15, 0.2) is 18.2 Å². The Morgan fingerprint density at radius 3 is 2.59 bits per heavy atom. The number of hydrogen-bond acceptors (Lipinski definition) is 3. The van der Waals surface area contributed by atoms with Gasteiger partial charge in [-0.3, -0.25) is 4.79 Å². The Bertz CT molecular complexity index is 744. The van der Waals surface area contributed by atoms with Crippen LogP contribution in [0.3, 0.4) is 0 Å². The first-order valence-electron chi connectivity index (χ1n) is 9.39. The van der Waals surface area contributed by atoms with E-state index < -0.39 is 17.5 Å². The predicted molar refractivity (Wildman–Crippen MR) is 93.3 cm³/mol. The van der Waals surface area contributed by atoms with E-state index in [0.29, 0.717) is 45.7 Å². The van der Waals surface area contributed by atoms with Crippen molar-refractivity contribution in [3.8, 4) is 0 Å².